The van der Waals surface area contributed by atoms with E-state index in [2.05, 4.69) is 25.7 Å². The van der Waals surface area contributed by atoms with Crippen LogP contribution in [0.15, 0.2) is 0 Å². The first kappa shape index (κ1) is 17.1. The third kappa shape index (κ3) is 5.46. The number of carbonyl (C=O) groups is 1. The molecule has 3 unspecified atom stereocenters. The van der Waals surface area contributed by atoms with Crippen LogP contribution in [0.5, 0.6) is 0 Å². The van der Waals surface area contributed by atoms with Crippen molar-refractivity contribution < 1.29 is 9.53 Å². The average Bonchev–Trinajstić information content (AvgIpc) is 2.63. The molecular weight excluding hydrogens is 284 g/mol. The van der Waals surface area contributed by atoms with Crippen molar-refractivity contribution in [2.45, 2.75) is 57.5 Å². The summed E-state index contributed by atoms with van der Waals surface area (Å²) in [6.07, 6.45) is 4.14. The van der Waals surface area contributed by atoms with Crippen LogP contribution in [0, 0.1) is 0 Å². The maximum Gasteiger partial charge on any atom is 0.236 e. The van der Waals surface area contributed by atoms with E-state index in [0.29, 0.717) is 11.8 Å². The van der Waals surface area contributed by atoms with Crippen LogP contribution < -0.4 is 0 Å². The van der Waals surface area contributed by atoms with E-state index in [-0.39, 0.29) is 18.1 Å². The number of morpholine rings is 1. The van der Waals surface area contributed by atoms with Crippen LogP contribution in [0.3, 0.4) is 0 Å². The highest BCUT2D eigenvalue weighted by Crippen LogP contribution is 2.22. The van der Waals surface area contributed by atoms with Crippen LogP contribution >= 0.6 is 11.8 Å². The summed E-state index contributed by atoms with van der Waals surface area (Å²) < 4.78 is 5.71. The Morgan fingerprint density at radius 2 is 1.90 bits per heavy atom. The van der Waals surface area contributed by atoms with Crippen molar-refractivity contribution in [2.75, 3.05) is 38.5 Å². The first-order chi connectivity index (χ1) is 10.1. The Morgan fingerprint density at radius 1 is 1.19 bits per heavy atom. The predicted molar refractivity (Wildman–Crippen MR) is 88.8 cm³/mol. The molecule has 3 atom stereocenters. The summed E-state index contributed by atoms with van der Waals surface area (Å²) in [7, 11) is 0. The van der Waals surface area contributed by atoms with Gasteiger partial charge in [-0.2, -0.15) is 11.8 Å². The molecule has 2 saturated heterocycles. The van der Waals surface area contributed by atoms with Crippen LogP contribution in [0.2, 0.25) is 0 Å². The van der Waals surface area contributed by atoms with Crippen molar-refractivity contribution in [1.29, 1.82) is 0 Å². The molecule has 0 aromatic rings. The number of amides is 1. The first-order valence-corrected chi connectivity index (χ1v) is 9.40. The molecule has 2 aliphatic rings. The van der Waals surface area contributed by atoms with Crippen LogP contribution in [0.4, 0.5) is 0 Å². The lowest BCUT2D eigenvalue weighted by Gasteiger charge is -2.36. The third-order valence-electron chi connectivity index (χ3n) is 4.25. The molecule has 0 spiro atoms. The van der Waals surface area contributed by atoms with Gasteiger partial charge in [-0.1, -0.05) is 13.3 Å². The standard InChI is InChI=1S/C16H30N2O2S/c1-4-21-15-7-5-6-8-17(11-15)12-16(19)18-9-13(2)20-14(3)10-18/h13-15H,4-12H2,1-3H3. The van der Waals surface area contributed by atoms with Crippen molar-refractivity contribution in [3.63, 3.8) is 0 Å². The number of rotatable bonds is 4. The second-order valence-corrected chi connectivity index (χ2v) is 7.94. The molecule has 2 aliphatic heterocycles. The summed E-state index contributed by atoms with van der Waals surface area (Å²) in [5, 5.41) is 0.702. The van der Waals surface area contributed by atoms with E-state index in [4.69, 9.17) is 4.74 Å². The number of hydrogen-bond acceptors (Lipinski definition) is 4. The van der Waals surface area contributed by atoms with Gasteiger partial charge >= 0.3 is 0 Å². The summed E-state index contributed by atoms with van der Waals surface area (Å²) in [5.41, 5.74) is 0. The molecule has 21 heavy (non-hydrogen) atoms. The minimum Gasteiger partial charge on any atom is -0.372 e. The van der Waals surface area contributed by atoms with Gasteiger partial charge in [0, 0.05) is 24.9 Å². The Bertz CT molecular complexity index is 330. The van der Waals surface area contributed by atoms with Gasteiger partial charge in [-0.25, -0.2) is 0 Å². The van der Waals surface area contributed by atoms with E-state index < -0.39 is 0 Å². The van der Waals surface area contributed by atoms with E-state index >= 15 is 0 Å². The maximum atomic E-state index is 12.6. The first-order valence-electron chi connectivity index (χ1n) is 8.35. The van der Waals surface area contributed by atoms with Gasteiger partial charge in [-0.3, -0.25) is 9.69 Å². The van der Waals surface area contributed by atoms with Gasteiger partial charge < -0.3 is 9.64 Å². The summed E-state index contributed by atoms with van der Waals surface area (Å²) >= 11 is 2.05. The normalized spacial score (nSPS) is 32.0. The van der Waals surface area contributed by atoms with Crippen molar-refractivity contribution in [3.05, 3.63) is 0 Å². The molecule has 2 heterocycles. The highest BCUT2D eigenvalue weighted by molar-refractivity contribution is 7.99. The largest absolute Gasteiger partial charge is 0.372 e. The quantitative estimate of drug-likeness (QED) is 0.797. The van der Waals surface area contributed by atoms with Crippen LogP contribution in [-0.2, 0) is 9.53 Å². The summed E-state index contributed by atoms with van der Waals surface area (Å²) in [6.45, 7) is 10.5. The van der Waals surface area contributed by atoms with Crippen LogP contribution in [-0.4, -0.2) is 71.6 Å². The fourth-order valence-electron chi connectivity index (χ4n) is 3.37. The van der Waals surface area contributed by atoms with E-state index in [1.165, 1.54) is 25.0 Å². The molecule has 2 fully saturated rings. The molecule has 0 aromatic heterocycles. The Hall–Kier alpha value is -0.260. The van der Waals surface area contributed by atoms with E-state index in [0.717, 1.165) is 26.2 Å². The Kier molecular flexibility index (Phi) is 6.83. The summed E-state index contributed by atoms with van der Waals surface area (Å²) in [5.74, 6) is 1.45. The topological polar surface area (TPSA) is 32.8 Å². The molecule has 0 saturated carbocycles. The smallest absolute Gasteiger partial charge is 0.236 e. The van der Waals surface area contributed by atoms with Crippen molar-refractivity contribution >= 4 is 17.7 Å². The molecule has 0 aliphatic carbocycles. The number of hydrogen-bond donors (Lipinski definition) is 0. The molecule has 4 nitrogen and oxygen atoms in total. The number of carbonyl (C=O) groups excluding carboxylic acids is 1. The van der Waals surface area contributed by atoms with E-state index in [9.17, 15) is 4.79 Å². The number of likely N-dealkylation sites (tertiary alicyclic amines) is 1. The molecule has 122 valence electrons. The van der Waals surface area contributed by atoms with Gasteiger partial charge in [0.15, 0.2) is 0 Å². The summed E-state index contributed by atoms with van der Waals surface area (Å²) in [4.78, 5) is 16.9. The van der Waals surface area contributed by atoms with Crippen molar-refractivity contribution in [2.24, 2.45) is 0 Å². The van der Waals surface area contributed by atoms with Crippen LogP contribution in [0.1, 0.15) is 40.0 Å². The summed E-state index contributed by atoms with van der Waals surface area (Å²) in [6, 6.07) is 0. The monoisotopic (exact) mass is 314 g/mol. The fourth-order valence-corrected chi connectivity index (χ4v) is 4.49. The molecular formula is C16H30N2O2S. The van der Waals surface area contributed by atoms with Gasteiger partial charge in [0.25, 0.3) is 0 Å². The van der Waals surface area contributed by atoms with Gasteiger partial charge in [0.05, 0.1) is 18.8 Å². The zero-order chi connectivity index (χ0) is 15.2. The minimum atomic E-state index is 0.158. The number of ether oxygens (including phenoxy) is 1. The lowest BCUT2D eigenvalue weighted by molar-refractivity contribution is -0.144. The SMILES string of the molecule is CCSC1CCCCN(CC(=O)N2CC(C)OC(C)C2)C1. The predicted octanol–water partition coefficient (Wildman–Crippen LogP) is 2.23. The van der Waals surface area contributed by atoms with Gasteiger partial charge in [0.1, 0.15) is 0 Å². The number of nitrogens with zero attached hydrogens (tertiary/aromatic N) is 2. The molecule has 0 N–H and O–H groups in total. The maximum absolute atomic E-state index is 12.6. The van der Waals surface area contributed by atoms with Crippen LogP contribution in [0.25, 0.3) is 0 Å². The highest BCUT2D eigenvalue weighted by atomic mass is 32.2. The Morgan fingerprint density at radius 3 is 2.57 bits per heavy atom. The third-order valence-corrected chi connectivity index (χ3v) is 5.44. The Balaban J connectivity index is 1.85. The van der Waals surface area contributed by atoms with Gasteiger partial charge in [0.2, 0.25) is 5.91 Å². The molecule has 5 heteroatoms. The molecule has 0 aromatic carbocycles. The van der Waals surface area contributed by atoms with E-state index in [1.807, 2.05) is 16.7 Å². The zero-order valence-corrected chi connectivity index (χ0v) is 14.5. The number of thioether (sulfide) groups is 1. The fraction of sp³-hybridized carbons (Fsp3) is 0.938. The van der Waals surface area contributed by atoms with Gasteiger partial charge in [-0.15, -0.1) is 0 Å². The van der Waals surface area contributed by atoms with Crippen molar-refractivity contribution in [3.8, 4) is 0 Å². The zero-order valence-electron chi connectivity index (χ0n) is 13.7. The lowest BCUT2D eigenvalue weighted by atomic mass is 10.2. The Labute approximate surface area is 133 Å². The minimum absolute atomic E-state index is 0.158. The average molecular weight is 314 g/mol. The van der Waals surface area contributed by atoms with Crippen molar-refractivity contribution in [1.82, 2.24) is 9.80 Å². The lowest BCUT2D eigenvalue weighted by Crippen LogP contribution is -2.51. The second kappa shape index (κ2) is 8.39. The molecule has 0 bridgehead atoms. The van der Waals surface area contributed by atoms with Gasteiger partial charge in [-0.05, 0) is 39.0 Å². The highest BCUT2D eigenvalue weighted by Gasteiger charge is 2.28. The second-order valence-electron chi connectivity index (χ2n) is 6.36. The molecule has 1 amide bonds. The van der Waals surface area contributed by atoms with E-state index in [1.54, 1.807) is 0 Å². The molecule has 0 radical (unpaired) electrons. The molecule has 2 rings (SSSR count).